The van der Waals surface area contributed by atoms with Crippen molar-refractivity contribution in [3.63, 3.8) is 0 Å². The van der Waals surface area contributed by atoms with Gasteiger partial charge in [-0.15, -0.1) is 0 Å². The van der Waals surface area contributed by atoms with Gasteiger partial charge in [-0.2, -0.15) is 0 Å². The zero-order valence-electron chi connectivity index (χ0n) is 21.3. The molecule has 0 unspecified atom stereocenters. The molecule has 0 aliphatic carbocycles. The van der Waals surface area contributed by atoms with E-state index in [0.717, 1.165) is 56.2 Å². The van der Waals surface area contributed by atoms with Crippen LogP contribution in [-0.4, -0.2) is 9.97 Å². The summed E-state index contributed by atoms with van der Waals surface area (Å²) in [6.07, 6.45) is 0. The topological polar surface area (TPSA) is 35.0 Å². The van der Waals surface area contributed by atoms with Gasteiger partial charge in [-0.25, -0.2) is 9.97 Å². The van der Waals surface area contributed by atoms with Gasteiger partial charge in [0.25, 0.3) is 0 Å². The van der Waals surface area contributed by atoms with E-state index in [1.807, 2.05) is 42.5 Å². The first-order chi connectivity index (χ1) is 18.6. The van der Waals surface area contributed by atoms with Crippen molar-refractivity contribution in [1.29, 1.82) is 0 Å². The van der Waals surface area contributed by atoms with Crippen LogP contribution in [-0.2, 0) is 5.41 Å². The fourth-order valence-electron chi connectivity index (χ4n) is 5.48. The molecule has 3 heteroatoms. The summed E-state index contributed by atoms with van der Waals surface area (Å²) in [5.41, 5.74) is 8.49. The van der Waals surface area contributed by atoms with E-state index in [1.54, 1.807) is 0 Å². The van der Waals surface area contributed by atoms with E-state index in [1.165, 1.54) is 11.1 Å². The van der Waals surface area contributed by atoms with Crippen molar-refractivity contribution in [2.45, 2.75) is 19.3 Å². The zero-order chi connectivity index (χ0) is 25.7. The Morgan fingerprint density at radius 1 is 0.526 bits per heavy atom. The average molecular weight is 491 g/mol. The summed E-state index contributed by atoms with van der Waals surface area (Å²) in [5.74, 6) is 2.59. The van der Waals surface area contributed by atoms with Crippen LogP contribution >= 0.6 is 0 Å². The highest BCUT2D eigenvalue weighted by atomic mass is 16.5. The van der Waals surface area contributed by atoms with E-state index in [4.69, 9.17) is 14.7 Å². The summed E-state index contributed by atoms with van der Waals surface area (Å²) >= 11 is 0. The Balaban J connectivity index is 1.35. The Morgan fingerprint density at radius 3 is 2.11 bits per heavy atom. The quantitative estimate of drug-likeness (QED) is 0.248. The molecule has 6 aromatic rings. The van der Waals surface area contributed by atoms with Gasteiger partial charge in [0, 0.05) is 33.1 Å². The molecule has 0 saturated heterocycles. The minimum absolute atomic E-state index is 0.161. The van der Waals surface area contributed by atoms with Crippen LogP contribution in [0.4, 0.5) is 0 Å². The summed E-state index contributed by atoms with van der Waals surface area (Å²) in [6, 6.07) is 41.9. The molecule has 0 spiro atoms. The highest BCUT2D eigenvalue weighted by Crippen LogP contribution is 2.48. The van der Waals surface area contributed by atoms with E-state index in [2.05, 4.69) is 92.7 Å². The second-order valence-electron chi connectivity index (χ2n) is 10.3. The third-order valence-corrected chi connectivity index (χ3v) is 7.54. The van der Waals surface area contributed by atoms with Gasteiger partial charge in [-0.3, -0.25) is 0 Å². The highest BCUT2D eigenvalue weighted by Gasteiger charge is 2.34. The third-order valence-electron chi connectivity index (χ3n) is 7.54. The summed E-state index contributed by atoms with van der Waals surface area (Å²) in [6.45, 7) is 4.54. The van der Waals surface area contributed by atoms with E-state index >= 15 is 0 Å². The maximum atomic E-state index is 6.28. The second kappa shape index (κ2) is 8.67. The van der Waals surface area contributed by atoms with Gasteiger partial charge in [-0.05, 0) is 41.5 Å². The minimum atomic E-state index is -0.161. The van der Waals surface area contributed by atoms with Crippen LogP contribution < -0.4 is 4.74 Å². The minimum Gasteiger partial charge on any atom is -0.457 e. The van der Waals surface area contributed by atoms with Crippen molar-refractivity contribution < 1.29 is 4.74 Å². The van der Waals surface area contributed by atoms with Crippen LogP contribution in [0.1, 0.15) is 25.0 Å². The summed E-state index contributed by atoms with van der Waals surface area (Å²) in [4.78, 5) is 9.93. The second-order valence-corrected chi connectivity index (χ2v) is 10.3. The molecule has 1 aliphatic rings. The van der Waals surface area contributed by atoms with Gasteiger partial charge in [0.1, 0.15) is 11.5 Å². The first-order valence-electron chi connectivity index (χ1n) is 12.9. The van der Waals surface area contributed by atoms with Crippen LogP contribution in [0.15, 0.2) is 121 Å². The lowest BCUT2D eigenvalue weighted by molar-refractivity contribution is 0.418. The number of aromatic nitrogens is 2. The van der Waals surface area contributed by atoms with Crippen LogP contribution in [0.3, 0.4) is 0 Å². The van der Waals surface area contributed by atoms with Gasteiger partial charge >= 0.3 is 0 Å². The standard InChI is InChI=1S/C35H26N2O/c1-35(2)28-16-7-9-18-31(28)38-32-20-19-25(22-29(32)35)24-13-10-14-26(21-24)33-27-15-6-8-17-30(27)36-34(37-33)23-11-4-3-5-12-23/h3-22H,1-2H3. The number of fused-ring (bicyclic) bond motifs is 3. The normalized spacial score (nSPS) is 13.4. The molecule has 38 heavy (non-hydrogen) atoms. The van der Waals surface area contributed by atoms with Gasteiger partial charge in [0.2, 0.25) is 0 Å². The predicted octanol–water partition coefficient (Wildman–Crippen LogP) is 9.06. The Bertz CT molecular complexity index is 1820. The van der Waals surface area contributed by atoms with Gasteiger partial charge in [-0.1, -0.05) is 105 Å². The Morgan fingerprint density at radius 2 is 1.21 bits per heavy atom. The van der Waals surface area contributed by atoms with E-state index in [0.29, 0.717) is 0 Å². The molecule has 0 saturated carbocycles. The molecule has 0 N–H and O–H groups in total. The largest absolute Gasteiger partial charge is 0.457 e. The number of hydrogen-bond acceptors (Lipinski definition) is 3. The molecule has 0 fully saturated rings. The van der Waals surface area contributed by atoms with Crippen LogP contribution in [0.25, 0.3) is 44.7 Å². The number of rotatable bonds is 3. The Kier molecular flexibility index (Phi) is 5.12. The lowest BCUT2D eigenvalue weighted by Crippen LogP contribution is -2.24. The molecule has 0 amide bonds. The maximum Gasteiger partial charge on any atom is 0.160 e. The number of benzene rings is 5. The van der Waals surface area contributed by atoms with Crippen molar-refractivity contribution in [1.82, 2.24) is 9.97 Å². The molecule has 1 aliphatic heterocycles. The van der Waals surface area contributed by atoms with Crippen molar-refractivity contribution in [3.8, 4) is 45.3 Å². The van der Waals surface area contributed by atoms with Crippen LogP contribution in [0.2, 0.25) is 0 Å². The molecular weight excluding hydrogens is 464 g/mol. The monoisotopic (exact) mass is 490 g/mol. The predicted molar refractivity (Wildman–Crippen MR) is 154 cm³/mol. The molecule has 3 nitrogen and oxygen atoms in total. The first kappa shape index (κ1) is 22.4. The molecule has 0 atom stereocenters. The van der Waals surface area contributed by atoms with Crippen molar-refractivity contribution in [2.24, 2.45) is 0 Å². The van der Waals surface area contributed by atoms with Gasteiger partial charge in [0.05, 0.1) is 11.2 Å². The van der Waals surface area contributed by atoms with Crippen molar-refractivity contribution >= 4 is 10.9 Å². The third kappa shape index (κ3) is 3.67. The SMILES string of the molecule is CC1(C)c2ccccc2Oc2ccc(-c3cccc(-c4nc(-c5ccccc5)nc5ccccc45)c3)cc21. The molecule has 7 rings (SSSR count). The summed E-state index contributed by atoms with van der Waals surface area (Å²) < 4.78 is 6.28. The first-order valence-corrected chi connectivity index (χ1v) is 12.9. The number of para-hydroxylation sites is 2. The van der Waals surface area contributed by atoms with E-state index in [-0.39, 0.29) is 5.41 Å². The smallest absolute Gasteiger partial charge is 0.160 e. The summed E-state index contributed by atoms with van der Waals surface area (Å²) in [7, 11) is 0. The molecule has 0 bridgehead atoms. The van der Waals surface area contributed by atoms with Crippen LogP contribution in [0.5, 0.6) is 11.5 Å². The molecule has 5 aromatic carbocycles. The molecule has 1 aromatic heterocycles. The lowest BCUT2D eigenvalue weighted by Gasteiger charge is -2.34. The van der Waals surface area contributed by atoms with Crippen LogP contribution in [0, 0.1) is 0 Å². The van der Waals surface area contributed by atoms with Gasteiger partial charge in [0.15, 0.2) is 5.82 Å². The molecule has 2 heterocycles. The number of hydrogen-bond donors (Lipinski definition) is 0. The van der Waals surface area contributed by atoms with Gasteiger partial charge < -0.3 is 4.74 Å². The average Bonchev–Trinajstić information content (AvgIpc) is 2.97. The number of ether oxygens (including phenoxy) is 1. The lowest BCUT2D eigenvalue weighted by atomic mass is 9.75. The fraction of sp³-hybridized carbons (Fsp3) is 0.0857. The highest BCUT2D eigenvalue weighted by molar-refractivity contribution is 5.94. The molecule has 0 radical (unpaired) electrons. The maximum absolute atomic E-state index is 6.28. The van der Waals surface area contributed by atoms with Crippen molar-refractivity contribution in [3.05, 3.63) is 132 Å². The molecular formula is C35H26N2O. The Labute approximate surface area is 222 Å². The Hall–Kier alpha value is -4.76. The number of nitrogens with zero attached hydrogens (tertiary/aromatic N) is 2. The van der Waals surface area contributed by atoms with Crippen molar-refractivity contribution in [2.75, 3.05) is 0 Å². The zero-order valence-corrected chi connectivity index (χ0v) is 21.3. The van der Waals surface area contributed by atoms with E-state index in [9.17, 15) is 0 Å². The fourth-order valence-corrected chi connectivity index (χ4v) is 5.48. The summed E-state index contributed by atoms with van der Waals surface area (Å²) in [5, 5.41) is 1.04. The van der Waals surface area contributed by atoms with E-state index < -0.39 is 0 Å². The molecule has 182 valence electrons.